The second-order valence-corrected chi connectivity index (χ2v) is 10.9. The number of rotatable bonds is 4. The van der Waals surface area contributed by atoms with Crippen LogP contribution >= 0.6 is 0 Å². The third kappa shape index (κ3) is 2.92. The Kier molecular flexibility index (Phi) is 5.27. The lowest BCUT2D eigenvalue weighted by molar-refractivity contribution is -0.183. The lowest BCUT2D eigenvalue weighted by Gasteiger charge is -2.59. The highest BCUT2D eigenvalue weighted by Gasteiger charge is 2.69. The Hall–Kier alpha value is -1.57. The number of carbonyl (C=O) groups excluding carboxylic acids is 2. The fourth-order valence-electron chi connectivity index (χ4n) is 7.93. The van der Waals surface area contributed by atoms with Gasteiger partial charge >= 0.3 is 5.97 Å². The minimum atomic E-state index is -2.26. The Morgan fingerprint density at radius 3 is 2.39 bits per heavy atom. The Balaban J connectivity index is 1.67. The molecule has 4 aliphatic rings. The van der Waals surface area contributed by atoms with Crippen molar-refractivity contribution >= 4 is 17.5 Å². The van der Waals surface area contributed by atoms with Gasteiger partial charge in [-0.3, -0.25) is 9.59 Å². The molecular weight excluding hydrogens is 400 g/mol. The first kappa shape index (κ1) is 22.6. The number of aliphatic hydroxyl groups is 3. The molecule has 3 fully saturated rings. The number of aliphatic hydroxyl groups excluding tert-OH is 2. The van der Waals surface area contributed by atoms with Gasteiger partial charge in [0.25, 0.3) is 0 Å². The number of hydrogen-bond acceptors (Lipinski definition) is 6. The van der Waals surface area contributed by atoms with Crippen LogP contribution < -0.4 is 0 Å². The number of aliphatic carboxylic acids is 1. The van der Waals surface area contributed by atoms with Gasteiger partial charge in [0, 0.05) is 11.8 Å². The maximum Gasteiger partial charge on any atom is 0.335 e. The van der Waals surface area contributed by atoms with Gasteiger partial charge in [-0.15, -0.1) is 0 Å². The number of allylic oxidation sites excluding steroid dienone is 1. The molecule has 4 aliphatic carbocycles. The van der Waals surface area contributed by atoms with Crippen molar-refractivity contribution in [1.82, 2.24) is 0 Å². The summed E-state index contributed by atoms with van der Waals surface area (Å²) in [6.07, 6.45) is 2.56. The standard InChI is InChI=1S/C24H34O7/c1-12-10-17-15-5-4-13-11-14(25)6-8-22(13,2)16(15)7-9-23(17,3)24(12,31)20(28)18(26)19(27)21(29)30/h11-12,15-19,26-27,31H,4-10H2,1-3H3,(H,29,30)/t12-,15-,16+,17+,18?,19?,22+,23+,24+/m1/s1. The highest BCUT2D eigenvalue weighted by Crippen LogP contribution is 2.68. The minimum absolute atomic E-state index is 0.0366. The Bertz CT molecular complexity index is 849. The van der Waals surface area contributed by atoms with Crippen molar-refractivity contribution in [2.75, 3.05) is 0 Å². The van der Waals surface area contributed by atoms with Crippen molar-refractivity contribution in [1.29, 1.82) is 0 Å². The molecule has 7 nitrogen and oxygen atoms in total. The molecule has 0 saturated heterocycles. The van der Waals surface area contributed by atoms with Crippen LogP contribution in [-0.4, -0.2) is 55.8 Å². The zero-order chi connectivity index (χ0) is 22.9. The van der Waals surface area contributed by atoms with Crippen molar-refractivity contribution < 1.29 is 34.8 Å². The van der Waals surface area contributed by atoms with Gasteiger partial charge in [0.05, 0.1) is 0 Å². The van der Waals surface area contributed by atoms with Gasteiger partial charge in [-0.05, 0) is 73.7 Å². The van der Waals surface area contributed by atoms with Crippen molar-refractivity contribution in [2.24, 2.45) is 34.5 Å². The van der Waals surface area contributed by atoms with E-state index in [-0.39, 0.29) is 17.1 Å². The molecule has 172 valence electrons. The van der Waals surface area contributed by atoms with Gasteiger partial charge in [-0.2, -0.15) is 0 Å². The molecule has 0 amide bonds. The average Bonchev–Trinajstić information content (AvgIpc) is 2.93. The van der Waals surface area contributed by atoms with E-state index in [0.29, 0.717) is 31.1 Å². The smallest absolute Gasteiger partial charge is 0.335 e. The molecule has 4 N–H and O–H groups in total. The first-order valence-corrected chi connectivity index (χ1v) is 11.5. The largest absolute Gasteiger partial charge is 0.479 e. The van der Waals surface area contributed by atoms with Crippen LogP contribution in [0.5, 0.6) is 0 Å². The molecular formula is C24H34O7. The topological polar surface area (TPSA) is 132 Å². The molecule has 0 aromatic carbocycles. The number of carboxylic acids is 1. The van der Waals surface area contributed by atoms with Crippen LogP contribution in [0, 0.1) is 34.5 Å². The van der Waals surface area contributed by atoms with E-state index >= 15 is 0 Å². The summed E-state index contributed by atoms with van der Waals surface area (Å²) in [6.45, 7) is 5.94. The lowest BCUT2D eigenvalue weighted by Crippen LogP contribution is -2.62. The van der Waals surface area contributed by atoms with E-state index in [4.69, 9.17) is 5.11 Å². The molecule has 0 aromatic rings. The van der Waals surface area contributed by atoms with Crippen LogP contribution in [0.15, 0.2) is 11.6 Å². The molecule has 0 bridgehead atoms. The molecule has 0 heterocycles. The average molecular weight is 435 g/mol. The van der Waals surface area contributed by atoms with E-state index in [1.165, 1.54) is 5.57 Å². The maximum atomic E-state index is 13.2. The Labute approximate surface area is 182 Å². The van der Waals surface area contributed by atoms with Gasteiger partial charge in [-0.25, -0.2) is 4.79 Å². The van der Waals surface area contributed by atoms with Crippen molar-refractivity contribution in [3.05, 3.63) is 11.6 Å². The Morgan fingerprint density at radius 2 is 1.74 bits per heavy atom. The van der Waals surface area contributed by atoms with Gasteiger partial charge in [0.1, 0.15) is 5.60 Å². The fraction of sp³-hybridized carbons (Fsp3) is 0.792. The second kappa shape index (κ2) is 7.22. The maximum absolute atomic E-state index is 13.2. The summed E-state index contributed by atoms with van der Waals surface area (Å²) in [6, 6.07) is 0. The van der Waals surface area contributed by atoms with Crippen LogP contribution in [0.1, 0.15) is 65.7 Å². The Morgan fingerprint density at radius 1 is 1.06 bits per heavy atom. The van der Waals surface area contributed by atoms with Crippen LogP contribution in [0.25, 0.3) is 0 Å². The number of Topliss-reactive ketones (excluding diaryl/α,β-unsaturated/α-hetero) is 1. The number of ketones is 2. The fourth-order valence-corrected chi connectivity index (χ4v) is 7.93. The molecule has 0 radical (unpaired) electrons. The van der Waals surface area contributed by atoms with Gasteiger partial charge in [0.2, 0.25) is 0 Å². The molecule has 3 saturated carbocycles. The van der Waals surface area contributed by atoms with Crippen molar-refractivity contribution in [3.63, 3.8) is 0 Å². The third-order valence-electron chi connectivity index (χ3n) is 9.74. The molecule has 4 rings (SSSR count). The van der Waals surface area contributed by atoms with Crippen LogP contribution in [-0.2, 0) is 14.4 Å². The molecule has 9 atom stereocenters. The van der Waals surface area contributed by atoms with Crippen molar-refractivity contribution in [3.8, 4) is 0 Å². The number of carboxylic acid groups (broad SMARTS) is 1. The molecule has 0 aromatic heterocycles. The first-order valence-electron chi connectivity index (χ1n) is 11.5. The monoisotopic (exact) mass is 434 g/mol. The van der Waals surface area contributed by atoms with E-state index in [2.05, 4.69) is 6.92 Å². The van der Waals surface area contributed by atoms with E-state index in [9.17, 15) is 29.7 Å². The molecule has 2 unspecified atom stereocenters. The summed E-state index contributed by atoms with van der Waals surface area (Å²) in [5.41, 5.74) is -1.49. The molecule has 0 spiro atoms. The quantitative estimate of drug-likeness (QED) is 0.531. The predicted octanol–water partition coefficient (Wildman–Crippen LogP) is 1.87. The highest BCUT2D eigenvalue weighted by molar-refractivity contribution is 5.96. The van der Waals surface area contributed by atoms with E-state index in [1.54, 1.807) is 6.92 Å². The minimum Gasteiger partial charge on any atom is -0.479 e. The molecule has 7 heteroatoms. The highest BCUT2D eigenvalue weighted by atomic mass is 16.4. The number of hydrogen-bond donors (Lipinski definition) is 4. The SMILES string of the molecule is C[C@@H]1C[C@H]2[C@@H]3CCC4=CC(=O)CC[C@]4(C)[C@H]3CC[C@]2(C)[C@@]1(O)C(=O)C(O)C(O)C(=O)O. The van der Waals surface area contributed by atoms with Crippen LogP contribution in [0.4, 0.5) is 0 Å². The normalized spacial score (nSPS) is 46.3. The van der Waals surface area contributed by atoms with Gasteiger partial charge in [-0.1, -0.05) is 26.3 Å². The molecule has 0 aliphatic heterocycles. The molecule has 31 heavy (non-hydrogen) atoms. The summed E-state index contributed by atoms with van der Waals surface area (Å²) in [5, 5.41) is 40.8. The predicted molar refractivity (Wildman–Crippen MR) is 111 cm³/mol. The summed E-state index contributed by atoms with van der Waals surface area (Å²) in [5.74, 6) is -2.21. The van der Waals surface area contributed by atoms with Crippen LogP contribution in [0.3, 0.4) is 0 Å². The van der Waals surface area contributed by atoms with Gasteiger partial charge in [0.15, 0.2) is 23.8 Å². The summed E-state index contributed by atoms with van der Waals surface area (Å²) in [7, 11) is 0. The van der Waals surface area contributed by atoms with E-state index < -0.39 is 40.9 Å². The zero-order valence-corrected chi connectivity index (χ0v) is 18.5. The zero-order valence-electron chi connectivity index (χ0n) is 18.5. The van der Waals surface area contributed by atoms with Crippen LogP contribution in [0.2, 0.25) is 0 Å². The van der Waals surface area contributed by atoms with Crippen molar-refractivity contribution in [2.45, 2.75) is 83.5 Å². The van der Waals surface area contributed by atoms with E-state index in [0.717, 1.165) is 25.7 Å². The van der Waals surface area contributed by atoms with Gasteiger partial charge < -0.3 is 20.4 Å². The summed E-state index contributed by atoms with van der Waals surface area (Å²) < 4.78 is 0. The first-order chi connectivity index (χ1) is 14.4. The number of carbonyl (C=O) groups is 3. The van der Waals surface area contributed by atoms with E-state index in [1.807, 2.05) is 13.0 Å². The summed E-state index contributed by atoms with van der Waals surface area (Å²) in [4.78, 5) is 36.3. The summed E-state index contributed by atoms with van der Waals surface area (Å²) >= 11 is 0. The third-order valence-corrected chi connectivity index (χ3v) is 9.74. The second-order valence-electron chi connectivity index (χ2n) is 10.9. The number of fused-ring (bicyclic) bond motifs is 5. The lowest BCUT2D eigenvalue weighted by atomic mass is 9.46.